The third kappa shape index (κ3) is 5.21. The number of nitrogens with zero attached hydrogens (tertiary/aromatic N) is 2. The van der Waals surface area contributed by atoms with E-state index in [0.717, 1.165) is 42.3 Å². The Morgan fingerprint density at radius 3 is 2.86 bits per heavy atom. The highest BCUT2D eigenvalue weighted by atomic mass is 79.9. The van der Waals surface area contributed by atoms with Gasteiger partial charge < -0.3 is 14.6 Å². The molecule has 1 N–H and O–H groups in total. The molecule has 0 aliphatic rings. The summed E-state index contributed by atoms with van der Waals surface area (Å²) in [6, 6.07) is 8.16. The second-order valence-electron chi connectivity index (χ2n) is 4.68. The first kappa shape index (κ1) is 16.1. The number of thiophene rings is 1. The van der Waals surface area contributed by atoms with Gasteiger partial charge in [-0.25, -0.2) is 0 Å². The number of guanidine groups is 1. The van der Waals surface area contributed by atoms with Crippen molar-refractivity contribution in [2.75, 3.05) is 27.2 Å². The highest BCUT2D eigenvalue weighted by molar-refractivity contribution is 9.10. The zero-order chi connectivity index (χ0) is 15.1. The van der Waals surface area contributed by atoms with Gasteiger partial charge in [0.1, 0.15) is 5.76 Å². The molecule has 0 bridgehead atoms. The molecule has 0 radical (unpaired) electrons. The summed E-state index contributed by atoms with van der Waals surface area (Å²) < 4.78 is 6.25. The molecule has 0 aliphatic carbocycles. The lowest BCUT2D eigenvalue weighted by Gasteiger charge is -2.21. The molecule has 2 heterocycles. The fourth-order valence-electron chi connectivity index (χ4n) is 2.01. The minimum absolute atomic E-state index is 0.773. The van der Waals surface area contributed by atoms with E-state index in [4.69, 9.17) is 4.42 Å². The summed E-state index contributed by atoms with van der Waals surface area (Å²) in [5.41, 5.74) is 0. The lowest BCUT2D eigenvalue weighted by atomic mass is 10.3. The molecule has 0 amide bonds. The molecule has 0 saturated carbocycles. The normalized spacial score (nSPS) is 11.7. The lowest BCUT2D eigenvalue weighted by molar-refractivity contribution is 0.470. The van der Waals surface area contributed by atoms with Crippen molar-refractivity contribution >= 4 is 33.2 Å². The van der Waals surface area contributed by atoms with Gasteiger partial charge in [0.25, 0.3) is 0 Å². The SMILES string of the molecule is CN=C(NCCc1ccc(Br)o1)N(C)CCc1cccs1. The van der Waals surface area contributed by atoms with Crippen LogP contribution < -0.4 is 5.32 Å². The first-order chi connectivity index (χ1) is 10.2. The van der Waals surface area contributed by atoms with E-state index >= 15 is 0 Å². The van der Waals surface area contributed by atoms with Crippen molar-refractivity contribution in [1.29, 1.82) is 0 Å². The smallest absolute Gasteiger partial charge is 0.193 e. The maximum absolute atomic E-state index is 5.48. The van der Waals surface area contributed by atoms with Crippen LogP contribution in [0.2, 0.25) is 0 Å². The van der Waals surface area contributed by atoms with Gasteiger partial charge in [-0.05, 0) is 45.9 Å². The van der Waals surface area contributed by atoms with Crippen LogP contribution >= 0.6 is 27.3 Å². The van der Waals surface area contributed by atoms with Crippen molar-refractivity contribution in [3.8, 4) is 0 Å². The highest BCUT2D eigenvalue weighted by Gasteiger charge is 2.06. The fraction of sp³-hybridized carbons (Fsp3) is 0.400. The van der Waals surface area contributed by atoms with Gasteiger partial charge in [0.2, 0.25) is 0 Å². The monoisotopic (exact) mass is 369 g/mol. The van der Waals surface area contributed by atoms with Gasteiger partial charge in [0.15, 0.2) is 10.6 Å². The number of hydrogen-bond acceptors (Lipinski definition) is 3. The van der Waals surface area contributed by atoms with Crippen LogP contribution in [0.4, 0.5) is 0 Å². The van der Waals surface area contributed by atoms with E-state index < -0.39 is 0 Å². The Kier molecular flexibility index (Phi) is 6.32. The van der Waals surface area contributed by atoms with E-state index in [0.29, 0.717) is 0 Å². The Bertz CT molecular complexity index is 565. The van der Waals surface area contributed by atoms with Crippen molar-refractivity contribution in [3.05, 3.63) is 45.0 Å². The Hall–Kier alpha value is -1.27. The Morgan fingerprint density at radius 1 is 1.38 bits per heavy atom. The van der Waals surface area contributed by atoms with Crippen LogP contribution in [-0.2, 0) is 12.8 Å². The molecule has 0 unspecified atom stereocenters. The number of hydrogen-bond donors (Lipinski definition) is 1. The molecule has 2 aromatic heterocycles. The van der Waals surface area contributed by atoms with E-state index in [9.17, 15) is 0 Å². The maximum Gasteiger partial charge on any atom is 0.193 e. The molecule has 2 rings (SSSR count). The van der Waals surface area contributed by atoms with Crippen LogP contribution in [0, 0.1) is 0 Å². The van der Waals surface area contributed by atoms with Crippen LogP contribution in [0.5, 0.6) is 0 Å². The Labute approximate surface area is 138 Å². The molecule has 21 heavy (non-hydrogen) atoms. The predicted molar refractivity (Wildman–Crippen MR) is 92.1 cm³/mol. The van der Waals surface area contributed by atoms with Crippen molar-refractivity contribution in [2.24, 2.45) is 4.99 Å². The molecule has 0 spiro atoms. The topological polar surface area (TPSA) is 40.8 Å². The fourth-order valence-corrected chi connectivity index (χ4v) is 3.05. The molecule has 0 aromatic carbocycles. The number of rotatable bonds is 6. The summed E-state index contributed by atoms with van der Waals surface area (Å²) in [7, 11) is 3.87. The summed E-state index contributed by atoms with van der Waals surface area (Å²) in [4.78, 5) is 7.87. The molecule has 114 valence electrons. The Balaban J connectivity index is 1.74. The van der Waals surface area contributed by atoms with Crippen molar-refractivity contribution < 1.29 is 4.42 Å². The van der Waals surface area contributed by atoms with E-state index in [2.05, 4.69) is 55.7 Å². The van der Waals surface area contributed by atoms with Crippen LogP contribution in [0.25, 0.3) is 0 Å². The van der Waals surface area contributed by atoms with Gasteiger partial charge >= 0.3 is 0 Å². The van der Waals surface area contributed by atoms with Crippen LogP contribution in [0.3, 0.4) is 0 Å². The zero-order valence-electron chi connectivity index (χ0n) is 12.3. The summed E-state index contributed by atoms with van der Waals surface area (Å²) >= 11 is 5.11. The molecular weight excluding hydrogens is 350 g/mol. The highest BCUT2D eigenvalue weighted by Crippen LogP contribution is 2.14. The van der Waals surface area contributed by atoms with Gasteiger partial charge in [-0.1, -0.05) is 6.07 Å². The van der Waals surface area contributed by atoms with E-state index in [-0.39, 0.29) is 0 Å². The van der Waals surface area contributed by atoms with Crippen molar-refractivity contribution in [1.82, 2.24) is 10.2 Å². The molecule has 0 aliphatic heterocycles. The molecule has 6 heteroatoms. The average molecular weight is 370 g/mol. The summed E-state index contributed by atoms with van der Waals surface area (Å²) in [5, 5.41) is 5.48. The van der Waals surface area contributed by atoms with E-state index in [1.807, 2.05) is 19.2 Å². The largest absolute Gasteiger partial charge is 0.454 e. The minimum atomic E-state index is 0.773. The van der Waals surface area contributed by atoms with Crippen LogP contribution in [0.1, 0.15) is 10.6 Å². The van der Waals surface area contributed by atoms with Gasteiger partial charge in [-0.15, -0.1) is 11.3 Å². The standard InChI is InChI=1S/C15H20BrN3OS/c1-17-15(18-9-7-12-5-6-14(16)20-12)19(2)10-8-13-4-3-11-21-13/h3-6,11H,7-10H2,1-2H3,(H,17,18). The number of likely N-dealkylation sites (N-methyl/N-ethyl adjacent to an activating group) is 1. The number of furan rings is 1. The molecule has 4 nitrogen and oxygen atoms in total. The third-order valence-corrected chi connectivity index (χ3v) is 4.49. The lowest BCUT2D eigenvalue weighted by Crippen LogP contribution is -2.40. The second-order valence-corrected chi connectivity index (χ2v) is 6.49. The maximum atomic E-state index is 5.48. The molecule has 2 aromatic rings. The Morgan fingerprint density at radius 2 is 2.24 bits per heavy atom. The minimum Gasteiger partial charge on any atom is -0.454 e. The summed E-state index contributed by atoms with van der Waals surface area (Å²) in [6.07, 6.45) is 1.88. The van der Waals surface area contributed by atoms with Crippen molar-refractivity contribution in [3.63, 3.8) is 0 Å². The first-order valence-electron chi connectivity index (χ1n) is 6.87. The second kappa shape index (κ2) is 8.24. The number of nitrogens with one attached hydrogen (secondary N) is 1. The van der Waals surface area contributed by atoms with Gasteiger partial charge in [0, 0.05) is 38.5 Å². The number of aliphatic imine (C=N–C) groups is 1. The van der Waals surface area contributed by atoms with Crippen molar-refractivity contribution in [2.45, 2.75) is 12.8 Å². The predicted octanol–water partition coefficient (Wildman–Crippen LogP) is 3.40. The number of halogens is 1. The quantitative estimate of drug-likeness (QED) is 0.626. The van der Waals surface area contributed by atoms with Gasteiger partial charge in [0.05, 0.1) is 0 Å². The van der Waals surface area contributed by atoms with Crippen LogP contribution in [0.15, 0.2) is 43.7 Å². The molecular formula is C15H20BrN3OS. The third-order valence-electron chi connectivity index (χ3n) is 3.13. The van der Waals surface area contributed by atoms with E-state index in [1.54, 1.807) is 11.3 Å². The summed E-state index contributed by atoms with van der Waals surface area (Å²) in [5.74, 6) is 1.88. The zero-order valence-corrected chi connectivity index (χ0v) is 14.7. The first-order valence-corrected chi connectivity index (χ1v) is 8.54. The van der Waals surface area contributed by atoms with Crippen LogP contribution in [-0.4, -0.2) is 38.0 Å². The molecule has 0 fully saturated rings. The van der Waals surface area contributed by atoms with Gasteiger partial charge in [-0.3, -0.25) is 4.99 Å². The molecule has 0 atom stereocenters. The van der Waals surface area contributed by atoms with E-state index in [1.165, 1.54) is 4.88 Å². The average Bonchev–Trinajstić information content (AvgIpc) is 3.12. The molecule has 0 saturated heterocycles. The summed E-state index contributed by atoms with van der Waals surface area (Å²) in [6.45, 7) is 1.75. The van der Waals surface area contributed by atoms with Gasteiger partial charge in [-0.2, -0.15) is 0 Å².